The Morgan fingerprint density at radius 3 is 2.77 bits per heavy atom. The maximum absolute atomic E-state index is 13.2. The molecule has 0 aliphatic carbocycles. The van der Waals surface area contributed by atoms with Crippen LogP contribution in [0, 0.1) is 5.41 Å². The summed E-state index contributed by atoms with van der Waals surface area (Å²) in [5, 5.41) is 11.6. The molecule has 1 aromatic carbocycles. The highest BCUT2D eigenvalue weighted by Gasteiger charge is 2.51. The first-order valence-electron chi connectivity index (χ1n) is 12.1. The Kier molecular flexibility index (Phi) is 6.19. The SMILES string of the molecule is CN1CC2(C1)CN(C(=O)Cn1cc(NC(=O)c3cnn4cccnc34)c(-c3cc(Cl)ccc3OC(F)F)n1)C2. The molecule has 4 aromatic rings. The lowest BCUT2D eigenvalue weighted by molar-refractivity contribution is -0.157. The van der Waals surface area contributed by atoms with Crippen molar-refractivity contribution < 1.29 is 23.1 Å². The van der Waals surface area contributed by atoms with Crippen LogP contribution in [0.25, 0.3) is 16.9 Å². The number of carbonyl (C=O) groups excluding carboxylic acids is 2. The van der Waals surface area contributed by atoms with Crippen LogP contribution < -0.4 is 10.1 Å². The van der Waals surface area contributed by atoms with Gasteiger partial charge < -0.3 is 19.9 Å². The predicted molar refractivity (Wildman–Crippen MR) is 137 cm³/mol. The zero-order valence-corrected chi connectivity index (χ0v) is 21.5. The average Bonchev–Trinajstić information content (AvgIpc) is 3.45. The molecular weight excluding hydrogens is 534 g/mol. The van der Waals surface area contributed by atoms with E-state index >= 15 is 0 Å². The second-order valence-electron chi connectivity index (χ2n) is 9.93. The Balaban J connectivity index is 1.31. The number of carbonyl (C=O) groups is 2. The molecule has 0 saturated carbocycles. The summed E-state index contributed by atoms with van der Waals surface area (Å²) >= 11 is 6.17. The standard InChI is InChI=1S/C25H23ClF2N8O3/c1-33-11-25(12-33)13-34(14-25)20(37)10-35-9-18(31-23(38)17-8-30-36-6-2-5-29-22(17)36)21(32-35)16-7-15(26)3-4-19(16)39-24(27)28/h2-9,24H,10-14H2,1H3,(H,31,38). The van der Waals surface area contributed by atoms with Crippen LogP contribution in [0.5, 0.6) is 5.75 Å². The Morgan fingerprint density at radius 1 is 1.23 bits per heavy atom. The highest BCUT2D eigenvalue weighted by molar-refractivity contribution is 6.31. The van der Waals surface area contributed by atoms with E-state index in [-0.39, 0.29) is 51.1 Å². The molecule has 6 rings (SSSR count). The van der Waals surface area contributed by atoms with E-state index in [0.717, 1.165) is 13.1 Å². The van der Waals surface area contributed by atoms with Gasteiger partial charge in [0.25, 0.3) is 5.91 Å². The molecule has 0 atom stereocenters. The quantitative estimate of drug-likeness (QED) is 0.373. The molecule has 2 aliphatic heterocycles. The largest absolute Gasteiger partial charge is 0.434 e. The summed E-state index contributed by atoms with van der Waals surface area (Å²) in [7, 11) is 2.04. The van der Waals surface area contributed by atoms with Crippen LogP contribution in [0.4, 0.5) is 14.5 Å². The topological polar surface area (TPSA) is 110 Å². The second-order valence-corrected chi connectivity index (χ2v) is 10.4. The number of anilines is 1. The van der Waals surface area contributed by atoms with Crippen LogP contribution >= 0.6 is 11.6 Å². The van der Waals surface area contributed by atoms with E-state index in [2.05, 4.69) is 25.4 Å². The highest BCUT2D eigenvalue weighted by Crippen LogP contribution is 2.39. The molecule has 1 spiro atoms. The Morgan fingerprint density at radius 2 is 2.03 bits per heavy atom. The number of amides is 2. The molecule has 0 unspecified atom stereocenters. The number of nitrogens with one attached hydrogen (secondary N) is 1. The monoisotopic (exact) mass is 556 g/mol. The van der Waals surface area contributed by atoms with Crippen LogP contribution in [0.15, 0.2) is 49.1 Å². The first-order chi connectivity index (χ1) is 18.7. The number of ether oxygens (including phenoxy) is 1. The molecule has 202 valence electrons. The molecule has 2 saturated heterocycles. The fraction of sp³-hybridized carbons (Fsp3) is 0.320. The number of hydrogen-bond donors (Lipinski definition) is 1. The van der Waals surface area contributed by atoms with Gasteiger partial charge >= 0.3 is 6.61 Å². The van der Waals surface area contributed by atoms with Gasteiger partial charge in [0.2, 0.25) is 5.91 Å². The van der Waals surface area contributed by atoms with Gasteiger partial charge in [-0.15, -0.1) is 0 Å². The van der Waals surface area contributed by atoms with E-state index in [1.807, 2.05) is 7.05 Å². The van der Waals surface area contributed by atoms with Crippen LogP contribution in [0.3, 0.4) is 0 Å². The normalized spacial score (nSPS) is 16.4. The van der Waals surface area contributed by atoms with Gasteiger partial charge in [-0.05, 0) is 31.3 Å². The summed E-state index contributed by atoms with van der Waals surface area (Å²) in [6, 6.07) is 5.79. The summed E-state index contributed by atoms with van der Waals surface area (Å²) < 4.78 is 33.9. The lowest BCUT2D eigenvalue weighted by Crippen LogP contribution is -2.72. The van der Waals surface area contributed by atoms with Crippen molar-refractivity contribution in [3.63, 3.8) is 0 Å². The molecule has 39 heavy (non-hydrogen) atoms. The lowest BCUT2D eigenvalue weighted by atomic mass is 9.73. The number of rotatable bonds is 7. The number of hydrogen-bond acceptors (Lipinski definition) is 7. The number of alkyl halides is 2. The second kappa shape index (κ2) is 9.58. The van der Waals surface area contributed by atoms with Crippen LogP contribution in [0.1, 0.15) is 10.4 Å². The highest BCUT2D eigenvalue weighted by atomic mass is 35.5. The van der Waals surface area contributed by atoms with Crippen LogP contribution in [-0.2, 0) is 11.3 Å². The van der Waals surface area contributed by atoms with Gasteiger partial charge in [-0.2, -0.15) is 19.0 Å². The molecule has 5 heterocycles. The van der Waals surface area contributed by atoms with Crippen molar-refractivity contribution in [2.24, 2.45) is 5.41 Å². The predicted octanol–water partition coefficient (Wildman–Crippen LogP) is 2.87. The van der Waals surface area contributed by atoms with E-state index in [4.69, 9.17) is 16.3 Å². The van der Waals surface area contributed by atoms with Gasteiger partial charge in [-0.1, -0.05) is 11.6 Å². The number of nitrogens with zero attached hydrogens (tertiary/aromatic N) is 7. The zero-order chi connectivity index (χ0) is 27.3. The van der Waals surface area contributed by atoms with E-state index in [0.29, 0.717) is 18.7 Å². The van der Waals surface area contributed by atoms with Gasteiger partial charge in [-0.25, -0.2) is 9.50 Å². The van der Waals surface area contributed by atoms with Crippen LogP contribution in [-0.4, -0.2) is 85.8 Å². The number of aromatic nitrogens is 5. The van der Waals surface area contributed by atoms with E-state index in [1.54, 1.807) is 17.2 Å². The first kappa shape index (κ1) is 25.2. The molecule has 2 amide bonds. The molecular formula is C25H23ClF2N8O3. The van der Waals surface area contributed by atoms with E-state index in [1.165, 1.54) is 46.0 Å². The minimum absolute atomic E-state index is 0.0985. The van der Waals surface area contributed by atoms with E-state index < -0.39 is 12.5 Å². The van der Waals surface area contributed by atoms with Gasteiger partial charge in [-0.3, -0.25) is 14.3 Å². The molecule has 11 nitrogen and oxygen atoms in total. The minimum Gasteiger partial charge on any atom is -0.434 e. The molecule has 14 heteroatoms. The fourth-order valence-corrected chi connectivity index (χ4v) is 5.51. The number of benzene rings is 1. The maximum Gasteiger partial charge on any atom is 0.387 e. The van der Waals surface area contributed by atoms with E-state index in [9.17, 15) is 18.4 Å². The van der Waals surface area contributed by atoms with Gasteiger partial charge in [0.05, 0.1) is 11.9 Å². The number of fused-ring (bicyclic) bond motifs is 1. The molecule has 3 aromatic heterocycles. The molecule has 2 fully saturated rings. The molecule has 1 N–H and O–H groups in total. The van der Waals surface area contributed by atoms with Crippen molar-refractivity contribution in [2.75, 3.05) is 38.5 Å². The van der Waals surface area contributed by atoms with Crippen LogP contribution in [0.2, 0.25) is 5.02 Å². The zero-order valence-electron chi connectivity index (χ0n) is 20.7. The smallest absolute Gasteiger partial charge is 0.387 e. The van der Waals surface area contributed by atoms with Gasteiger partial charge in [0.1, 0.15) is 23.6 Å². The average molecular weight is 557 g/mol. The van der Waals surface area contributed by atoms with Crippen molar-refractivity contribution in [3.8, 4) is 17.0 Å². The summed E-state index contributed by atoms with van der Waals surface area (Å²) in [6.45, 7) is 0.0733. The Hall–Kier alpha value is -4.10. The first-order valence-corrected chi connectivity index (χ1v) is 12.5. The Bertz CT molecular complexity index is 1570. The third-order valence-electron chi connectivity index (χ3n) is 6.86. The maximum atomic E-state index is 13.2. The molecule has 0 bridgehead atoms. The lowest BCUT2D eigenvalue weighted by Gasteiger charge is -2.59. The van der Waals surface area contributed by atoms with Gasteiger partial charge in [0.15, 0.2) is 5.65 Å². The summed E-state index contributed by atoms with van der Waals surface area (Å²) in [5.74, 6) is -0.866. The third kappa shape index (κ3) is 4.79. The third-order valence-corrected chi connectivity index (χ3v) is 7.09. The van der Waals surface area contributed by atoms with Crippen molar-refractivity contribution >= 4 is 34.7 Å². The number of halogens is 3. The summed E-state index contributed by atoms with van der Waals surface area (Å²) in [5.41, 5.74) is 1.10. The molecule has 2 aliphatic rings. The minimum atomic E-state index is -3.10. The van der Waals surface area contributed by atoms with Crippen molar-refractivity contribution in [3.05, 3.63) is 59.6 Å². The molecule has 0 radical (unpaired) electrons. The Labute approximate surface area is 225 Å². The van der Waals surface area contributed by atoms with Gasteiger partial charge in [0, 0.05) is 60.8 Å². The summed E-state index contributed by atoms with van der Waals surface area (Å²) in [6.07, 6.45) is 6.03. The van der Waals surface area contributed by atoms with Crippen molar-refractivity contribution in [1.29, 1.82) is 0 Å². The summed E-state index contributed by atoms with van der Waals surface area (Å²) in [4.78, 5) is 34.4. The number of likely N-dealkylation sites (tertiary alicyclic amines) is 2. The van der Waals surface area contributed by atoms with Crippen molar-refractivity contribution in [1.82, 2.24) is 34.2 Å². The fourth-order valence-electron chi connectivity index (χ4n) is 5.33. The van der Waals surface area contributed by atoms with Crippen molar-refractivity contribution in [2.45, 2.75) is 13.2 Å².